The topological polar surface area (TPSA) is 73.8 Å². The number of hydrogen-bond donors (Lipinski definition) is 0. The van der Waals surface area contributed by atoms with Crippen molar-refractivity contribution >= 4 is 16.6 Å². The van der Waals surface area contributed by atoms with Gasteiger partial charge in [0.25, 0.3) is 5.69 Å². The summed E-state index contributed by atoms with van der Waals surface area (Å²) in [5.74, 6) is 0. The summed E-state index contributed by atoms with van der Waals surface area (Å²) in [4.78, 5) is 14.8. The minimum absolute atomic E-state index is 0.0748. The Morgan fingerprint density at radius 3 is 2.90 bits per heavy atom. The van der Waals surface area contributed by atoms with Crippen LogP contribution in [-0.4, -0.2) is 19.7 Å². The van der Waals surface area contributed by atoms with Gasteiger partial charge in [0, 0.05) is 23.2 Å². The molecular weight excluding hydrogens is 256 g/mol. The Bertz CT molecular complexity index is 795. The molecule has 0 aliphatic carbocycles. The van der Waals surface area contributed by atoms with E-state index < -0.39 is 4.92 Å². The van der Waals surface area contributed by atoms with E-state index in [0.717, 1.165) is 22.3 Å². The first-order chi connectivity index (χ1) is 9.63. The lowest BCUT2D eigenvalue weighted by atomic mass is 10.2. The van der Waals surface area contributed by atoms with E-state index in [1.165, 1.54) is 12.1 Å². The Balaban J connectivity index is 1.98. The Morgan fingerprint density at radius 2 is 2.15 bits per heavy atom. The van der Waals surface area contributed by atoms with Gasteiger partial charge in [0.2, 0.25) is 0 Å². The molecule has 6 heteroatoms. The number of benzene rings is 1. The number of aromatic nitrogens is 3. The number of hydrogen-bond acceptors (Lipinski definition) is 4. The number of pyridine rings is 1. The quantitative estimate of drug-likeness (QED) is 0.540. The molecule has 0 unspecified atom stereocenters. The zero-order chi connectivity index (χ0) is 14.1. The van der Waals surface area contributed by atoms with Crippen LogP contribution in [0.4, 0.5) is 5.69 Å². The van der Waals surface area contributed by atoms with Gasteiger partial charge in [-0.3, -0.25) is 19.8 Å². The SMILES string of the molecule is Cc1cccc(Cn2ncc3cc([N+](=O)[O-])ccc32)n1. The summed E-state index contributed by atoms with van der Waals surface area (Å²) in [6.45, 7) is 2.48. The maximum Gasteiger partial charge on any atom is 0.270 e. The van der Waals surface area contributed by atoms with Crippen LogP contribution >= 0.6 is 0 Å². The lowest BCUT2D eigenvalue weighted by Gasteiger charge is -2.04. The maximum atomic E-state index is 10.7. The fraction of sp³-hybridized carbons (Fsp3) is 0.143. The van der Waals surface area contributed by atoms with E-state index in [1.54, 1.807) is 16.9 Å². The van der Waals surface area contributed by atoms with Gasteiger partial charge in [-0.25, -0.2) is 0 Å². The second-order valence-corrected chi connectivity index (χ2v) is 4.57. The Hall–Kier alpha value is -2.76. The minimum Gasteiger partial charge on any atom is -0.259 e. The van der Waals surface area contributed by atoms with E-state index in [-0.39, 0.29) is 5.69 Å². The minimum atomic E-state index is -0.404. The molecule has 0 bridgehead atoms. The average Bonchev–Trinajstić information content (AvgIpc) is 2.81. The molecule has 0 amide bonds. The third kappa shape index (κ3) is 2.23. The zero-order valence-electron chi connectivity index (χ0n) is 10.9. The van der Waals surface area contributed by atoms with Gasteiger partial charge in [-0.15, -0.1) is 0 Å². The molecule has 2 aromatic heterocycles. The first-order valence-corrected chi connectivity index (χ1v) is 6.16. The van der Waals surface area contributed by atoms with Gasteiger partial charge in [-0.1, -0.05) is 6.07 Å². The summed E-state index contributed by atoms with van der Waals surface area (Å²) < 4.78 is 1.79. The first kappa shape index (κ1) is 12.3. The number of non-ortho nitro benzene ring substituents is 1. The normalized spacial score (nSPS) is 10.8. The monoisotopic (exact) mass is 268 g/mol. The molecule has 100 valence electrons. The number of rotatable bonds is 3. The van der Waals surface area contributed by atoms with Crippen LogP contribution in [0.25, 0.3) is 10.9 Å². The van der Waals surface area contributed by atoms with E-state index in [0.29, 0.717) is 6.54 Å². The Labute approximate surface area is 114 Å². The van der Waals surface area contributed by atoms with Crippen molar-refractivity contribution < 1.29 is 4.92 Å². The van der Waals surface area contributed by atoms with Gasteiger partial charge in [-0.05, 0) is 25.1 Å². The van der Waals surface area contributed by atoms with E-state index in [2.05, 4.69) is 10.1 Å². The van der Waals surface area contributed by atoms with Crippen molar-refractivity contribution in [3.8, 4) is 0 Å². The van der Waals surface area contributed by atoms with Crippen molar-refractivity contribution in [2.75, 3.05) is 0 Å². The summed E-state index contributed by atoms with van der Waals surface area (Å²) in [6.07, 6.45) is 1.64. The number of nitro groups is 1. The van der Waals surface area contributed by atoms with Crippen LogP contribution in [0.5, 0.6) is 0 Å². The second kappa shape index (κ2) is 4.73. The largest absolute Gasteiger partial charge is 0.270 e. The van der Waals surface area contributed by atoms with Gasteiger partial charge in [0.1, 0.15) is 0 Å². The van der Waals surface area contributed by atoms with Gasteiger partial charge in [0.15, 0.2) is 0 Å². The van der Waals surface area contributed by atoms with E-state index in [4.69, 9.17) is 0 Å². The Kier molecular flexibility index (Phi) is 2.90. The average molecular weight is 268 g/mol. The second-order valence-electron chi connectivity index (χ2n) is 4.57. The molecule has 0 radical (unpaired) electrons. The van der Waals surface area contributed by atoms with Crippen molar-refractivity contribution in [3.63, 3.8) is 0 Å². The number of nitrogens with zero attached hydrogens (tertiary/aromatic N) is 4. The molecule has 1 aromatic carbocycles. The third-order valence-electron chi connectivity index (χ3n) is 3.09. The van der Waals surface area contributed by atoms with Crippen LogP contribution < -0.4 is 0 Å². The predicted octanol–water partition coefficient (Wildman–Crippen LogP) is 2.70. The van der Waals surface area contributed by atoms with Crippen LogP contribution in [0.1, 0.15) is 11.4 Å². The van der Waals surface area contributed by atoms with Crippen molar-refractivity contribution in [1.29, 1.82) is 0 Å². The number of aryl methyl sites for hydroxylation is 1. The Morgan fingerprint density at radius 1 is 1.30 bits per heavy atom. The fourth-order valence-electron chi connectivity index (χ4n) is 2.16. The maximum absolute atomic E-state index is 10.7. The number of nitro benzene ring substituents is 1. The highest BCUT2D eigenvalue weighted by Gasteiger charge is 2.10. The van der Waals surface area contributed by atoms with Gasteiger partial charge in [-0.2, -0.15) is 5.10 Å². The summed E-state index contributed by atoms with van der Waals surface area (Å²) in [6, 6.07) is 10.6. The van der Waals surface area contributed by atoms with E-state index >= 15 is 0 Å². The molecule has 3 rings (SSSR count). The summed E-state index contributed by atoms with van der Waals surface area (Å²) >= 11 is 0. The molecule has 6 nitrogen and oxygen atoms in total. The van der Waals surface area contributed by atoms with E-state index in [1.807, 2.05) is 25.1 Å². The van der Waals surface area contributed by atoms with Crippen LogP contribution in [0.3, 0.4) is 0 Å². The fourth-order valence-corrected chi connectivity index (χ4v) is 2.16. The molecular formula is C14H12N4O2. The first-order valence-electron chi connectivity index (χ1n) is 6.16. The molecule has 0 saturated heterocycles. The molecule has 2 heterocycles. The molecule has 0 atom stereocenters. The third-order valence-corrected chi connectivity index (χ3v) is 3.09. The summed E-state index contributed by atoms with van der Waals surface area (Å²) in [5.41, 5.74) is 2.80. The summed E-state index contributed by atoms with van der Waals surface area (Å²) in [7, 11) is 0. The van der Waals surface area contributed by atoms with Crippen LogP contribution in [0, 0.1) is 17.0 Å². The van der Waals surface area contributed by atoms with Gasteiger partial charge >= 0.3 is 0 Å². The highest BCUT2D eigenvalue weighted by Crippen LogP contribution is 2.21. The van der Waals surface area contributed by atoms with Crippen molar-refractivity contribution in [3.05, 3.63) is 64.1 Å². The van der Waals surface area contributed by atoms with Crippen LogP contribution in [-0.2, 0) is 6.54 Å². The molecule has 20 heavy (non-hydrogen) atoms. The number of fused-ring (bicyclic) bond motifs is 1. The molecule has 0 spiro atoms. The standard InChI is InChI=1S/C14H12N4O2/c1-10-3-2-4-12(16-10)9-17-14-6-5-13(18(19)20)7-11(14)8-15-17/h2-8H,9H2,1H3. The van der Waals surface area contributed by atoms with Crippen LogP contribution in [0.15, 0.2) is 42.6 Å². The van der Waals surface area contributed by atoms with Crippen molar-refractivity contribution in [1.82, 2.24) is 14.8 Å². The lowest BCUT2D eigenvalue weighted by molar-refractivity contribution is -0.384. The highest BCUT2D eigenvalue weighted by molar-refractivity contribution is 5.81. The molecule has 0 fully saturated rings. The van der Waals surface area contributed by atoms with Crippen molar-refractivity contribution in [2.24, 2.45) is 0 Å². The van der Waals surface area contributed by atoms with Crippen LogP contribution in [0.2, 0.25) is 0 Å². The molecule has 0 aliphatic rings. The van der Waals surface area contributed by atoms with Gasteiger partial charge < -0.3 is 0 Å². The molecule has 0 aliphatic heterocycles. The smallest absolute Gasteiger partial charge is 0.259 e. The zero-order valence-corrected chi connectivity index (χ0v) is 10.9. The highest BCUT2D eigenvalue weighted by atomic mass is 16.6. The lowest BCUT2D eigenvalue weighted by Crippen LogP contribution is -2.03. The molecule has 3 aromatic rings. The molecule has 0 saturated carbocycles. The van der Waals surface area contributed by atoms with Gasteiger partial charge in [0.05, 0.1) is 28.9 Å². The predicted molar refractivity (Wildman–Crippen MR) is 74.5 cm³/mol. The van der Waals surface area contributed by atoms with Crippen molar-refractivity contribution in [2.45, 2.75) is 13.5 Å². The summed E-state index contributed by atoms with van der Waals surface area (Å²) in [5, 5.41) is 15.8. The van der Waals surface area contributed by atoms with E-state index in [9.17, 15) is 10.1 Å². The molecule has 0 N–H and O–H groups in total.